The molecule has 0 fully saturated rings. The number of guanidine groups is 1. The van der Waals surface area contributed by atoms with Gasteiger partial charge in [0.1, 0.15) is 17.6 Å². The van der Waals surface area contributed by atoms with Crippen molar-refractivity contribution in [3.63, 3.8) is 0 Å². The van der Waals surface area contributed by atoms with Crippen LogP contribution in [0.1, 0.15) is 19.4 Å². The summed E-state index contributed by atoms with van der Waals surface area (Å²) in [5.74, 6) is 1.89. The fourth-order valence-corrected chi connectivity index (χ4v) is 2.23. The number of nitrogens with zero attached hydrogens (tertiary/aromatic N) is 1. The third-order valence-electron chi connectivity index (χ3n) is 3.50. The summed E-state index contributed by atoms with van der Waals surface area (Å²) in [6.07, 6.45) is 0.886. The molecule has 5 nitrogen and oxygen atoms in total. The van der Waals surface area contributed by atoms with Crippen LogP contribution in [0.2, 0.25) is 0 Å². The zero-order chi connectivity index (χ0) is 17.4. The van der Waals surface area contributed by atoms with Crippen molar-refractivity contribution in [2.45, 2.75) is 26.4 Å². The van der Waals surface area contributed by atoms with Crippen molar-refractivity contribution in [1.82, 2.24) is 0 Å². The molecule has 0 saturated carbocycles. The quantitative estimate of drug-likeness (QED) is 0.604. The molecule has 5 heteroatoms. The highest BCUT2D eigenvalue weighted by atomic mass is 16.5. The normalized spacial score (nSPS) is 12.5. The minimum absolute atomic E-state index is 0.0977. The molecule has 1 atom stereocenters. The fourth-order valence-electron chi connectivity index (χ4n) is 2.23. The third kappa shape index (κ3) is 5.50. The number of methoxy groups -OCH3 is 1. The Morgan fingerprint density at radius 2 is 1.92 bits per heavy atom. The molecule has 2 aromatic carbocycles. The van der Waals surface area contributed by atoms with Crippen molar-refractivity contribution in [3.8, 4) is 11.5 Å². The number of nitrogens with two attached hydrogens (primary N) is 1. The Bertz CT molecular complexity index is 686. The number of benzene rings is 2. The Kier molecular flexibility index (Phi) is 6.49. The summed E-state index contributed by atoms with van der Waals surface area (Å²) in [5.41, 5.74) is 8.14. The van der Waals surface area contributed by atoms with E-state index in [9.17, 15) is 0 Å². The van der Waals surface area contributed by atoms with Crippen LogP contribution in [0.3, 0.4) is 0 Å². The minimum Gasteiger partial charge on any atom is -0.497 e. The molecular formula is C19H25N3O2. The molecule has 0 aliphatic rings. The van der Waals surface area contributed by atoms with Gasteiger partial charge in [-0.05, 0) is 43.2 Å². The highest BCUT2D eigenvalue weighted by molar-refractivity contribution is 5.92. The molecule has 3 N–H and O–H groups in total. The molecule has 0 aromatic heterocycles. The molecule has 2 aromatic rings. The zero-order valence-electron chi connectivity index (χ0n) is 14.5. The lowest BCUT2D eigenvalue weighted by molar-refractivity contribution is 0.229. The number of anilines is 1. The highest BCUT2D eigenvalue weighted by Gasteiger charge is 2.05. The predicted octanol–water partition coefficient (Wildman–Crippen LogP) is 3.45. The molecule has 0 radical (unpaired) electrons. The van der Waals surface area contributed by atoms with Gasteiger partial charge in [-0.2, -0.15) is 0 Å². The van der Waals surface area contributed by atoms with E-state index in [2.05, 4.69) is 29.4 Å². The van der Waals surface area contributed by atoms with Crippen LogP contribution in [0.15, 0.2) is 53.5 Å². The van der Waals surface area contributed by atoms with Crippen LogP contribution in [-0.2, 0) is 6.42 Å². The summed E-state index contributed by atoms with van der Waals surface area (Å²) < 4.78 is 11.0. The monoisotopic (exact) mass is 327 g/mol. The zero-order valence-corrected chi connectivity index (χ0v) is 14.5. The summed E-state index contributed by atoms with van der Waals surface area (Å²) in [5, 5.41) is 3.11. The molecule has 0 saturated heterocycles. The van der Waals surface area contributed by atoms with Crippen LogP contribution >= 0.6 is 0 Å². The second kappa shape index (κ2) is 8.82. The first-order valence-electron chi connectivity index (χ1n) is 8.07. The maximum Gasteiger partial charge on any atom is 0.193 e. The van der Waals surface area contributed by atoms with Gasteiger partial charge in [-0.1, -0.05) is 25.1 Å². The first-order chi connectivity index (χ1) is 11.6. The van der Waals surface area contributed by atoms with Crippen LogP contribution in [-0.4, -0.2) is 25.7 Å². The molecule has 2 rings (SSSR count). The van der Waals surface area contributed by atoms with Gasteiger partial charge in [-0.3, -0.25) is 0 Å². The van der Waals surface area contributed by atoms with Gasteiger partial charge in [-0.15, -0.1) is 0 Å². The van der Waals surface area contributed by atoms with Crippen LogP contribution in [0.25, 0.3) is 0 Å². The minimum atomic E-state index is -0.0977. The van der Waals surface area contributed by atoms with Gasteiger partial charge < -0.3 is 20.5 Å². The number of nitrogens with one attached hydrogen (secondary N) is 1. The largest absolute Gasteiger partial charge is 0.497 e. The smallest absolute Gasteiger partial charge is 0.193 e. The maximum atomic E-state index is 5.95. The van der Waals surface area contributed by atoms with E-state index in [0.29, 0.717) is 12.5 Å². The predicted molar refractivity (Wildman–Crippen MR) is 99.0 cm³/mol. The van der Waals surface area contributed by atoms with Crippen molar-refractivity contribution < 1.29 is 9.47 Å². The molecule has 1 unspecified atom stereocenters. The average molecular weight is 327 g/mol. The van der Waals surface area contributed by atoms with Crippen molar-refractivity contribution >= 4 is 11.6 Å². The highest BCUT2D eigenvalue weighted by Crippen LogP contribution is 2.20. The summed E-state index contributed by atoms with van der Waals surface area (Å²) in [6, 6.07) is 15.6. The number of hydrogen-bond acceptors (Lipinski definition) is 3. The number of ether oxygens (including phenoxy) is 2. The van der Waals surface area contributed by atoms with Gasteiger partial charge in [0.2, 0.25) is 0 Å². The second-order valence-electron chi connectivity index (χ2n) is 5.51. The van der Waals surface area contributed by atoms with Crippen LogP contribution < -0.4 is 20.5 Å². The van der Waals surface area contributed by atoms with E-state index in [-0.39, 0.29) is 6.10 Å². The van der Waals surface area contributed by atoms with E-state index < -0.39 is 0 Å². The summed E-state index contributed by atoms with van der Waals surface area (Å²) in [7, 11) is 1.63. The van der Waals surface area contributed by atoms with E-state index in [1.165, 1.54) is 5.56 Å². The van der Waals surface area contributed by atoms with E-state index in [0.717, 1.165) is 23.6 Å². The van der Waals surface area contributed by atoms with Gasteiger partial charge in [0.25, 0.3) is 0 Å². The number of aliphatic imine (C=N–C) groups is 1. The molecule has 24 heavy (non-hydrogen) atoms. The lowest BCUT2D eigenvalue weighted by Gasteiger charge is -2.14. The Morgan fingerprint density at radius 1 is 1.17 bits per heavy atom. The van der Waals surface area contributed by atoms with E-state index >= 15 is 0 Å². The van der Waals surface area contributed by atoms with Crippen molar-refractivity contribution in [3.05, 3.63) is 54.1 Å². The average Bonchev–Trinajstić information content (AvgIpc) is 2.60. The van der Waals surface area contributed by atoms with Crippen LogP contribution in [0, 0.1) is 0 Å². The SMILES string of the molecule is CCc1cccc(NC(N)=NCC(C)Oc2cccc(OC)c2)c1. The number of aryl methyl sites for hydroxylation is 1. The first-order valence-corrected chi connectivity index (χ1v) is 8.07. The topological polar surface area (TPSA) is 68.9 Å². The maximum absolute atomic E-state index is 5.95. The third-order valence-corrected chi connectivity index (χ3v) is 3.50. The Balaban J connectivity index is 1.88. The molecule has 0 heterocycles. The van der Waals surface area contributed by atoms with Gasteiger partial charge in [0, 0.05) is 11.8 Å². The Hall–Kier alpha value is -2.69. The van der Waals surface area contributed by atoms with Crippen molar-refractivity contribution in [1.29, 1.82) is 0 Å². The lowest BCUT2D eigenvalue weighted by Crippen LogP contribution is -2.25. The van der Waals surface area contributed by atoms with Gasteiger partial charge in [0.15, 0.2) is 5.96 Å². The molecule has 0 bridgehead atoms. The molecule has 0 amide bonds. The summed E-state index contributed by atoms with van der Waals surface area (Å²) in [6.45, 7) is 4.53. The molecular weight excluding hydrogens is 302 g/mol. The van der Waals surface area contributed by atoms with Crippen LogP contribution in [0.4, 0.5) is 5.69 Å². The Morgan fingerprint density at radius 3 is 2.67 bits per heavy atom. The molecule has 0 aliphatic heterocycles. The number of hydrogen-bond donors (Lipinski definition) is 2. The van der Waals surface area contributed by atoms with Gasteiger partial charge in [-0.25, -0.2) is 4.99 Å². The summed E-state index contributed by atoms with van der Waals surface area (Å²) in [4.78, 5) is 4.34. The molecule has 0 spiro atoms. The second-order valence-corrected chi connectivity index (χ2v) is 5.51. The van der Waals surface area contributed by atoms with Crippen molar-refractivity contribution in [2.75, 3.05) is 19.0 Å². The number of rotatable bonds is 7. The van der Waals surface area contributed by atoms with Gasteiger partial charge >= 0.3 is 0 Å². The van der Waals surface area contributed by atoms with E-state index in [1.807, 2.05) is 43.3 Å². The Labute approximate surface area is 143 Å². The van der Waals surface area contributed by atoms with Crippen molar-refractivity contribution in [2.24, 2.45) is 10.7 Å². The standard InChI is InChI=1S/C19H25N3O2/c1-4-15-7-5-8-16(11-15)22-19(20)21-13-14(2)24-18-10-6-9-17(12-18)23-3/h5-12,14H,4,13H2,1-3H3,(H3,20,21,22). The first kappa shape index (κ1) is 17.7. The van der Waals surface area contributed by atoms with E-state index in [4.69, 9.17) is 15.2 Å². The van der Waals surface area contributed by atoms with Gasteiger partial charge in [0.05, 0.1) is 13.7 Å². The van der Waals surface area contributed by atoms with Crippen LogP contribution in [0.5, 0.6) is 11.5 Å². The molecule has 0 aliphatic carbocycles. The summed E-state index contributed by atoms with van der Waals surface area (Å²) >= 11 is 0. The molecule has 128 valence electrons. The lowest BCUT2D eigenvalue weighted by atomic mass is 10.1. The van der Waals surface area contributed by atoms with E-state index in [1.54, 1.807) is 7.11 Å². The fraction of sp³-hybridized carbons (Fsp3) is 0.316.